The Kier molecular flexibility index (Phi) is 11.8. The molecule has 406 valence electrons. The van der Waals surface area contributed by atoms with Crippen LogP contribution in [0.1, 0.15) is 22.3 Å². The van der Waals surface area contributed by atoms with E-state index in [9.17, 15) is 0 Å². The van der Waals surface area contributed by atoms with E-state index in [-0.39, 0.29) is 0 Å². The minimum absolute atomic E-state index is 0.530. The van der Waals surface area contributed by atoms with Crippen molar-refractivity contribution < 1.29 is 0 Å². The topological polar surface area (TPSA) is 9.86 Å². The van der Waals surface area contributed by atoms with Gasteiger partial charge in [-0.05, 0) is 167 Å². The maximum Gasteiger partial charge on any atom is 0.0713 e. The smallest absolute Gasteiger partial charge is 0.0713 e. The van der Waals surface area contributed by atoms with Crippen molar-refractivity contribution in [3.05, 3.63) is 362 Å². The molecule has 0 radical (unpaired) electrons. The average molecular weight is 1110 g/mol. The highest BCUT2D eigenvalue weighted by Crippen LogP contribution is 2.57. The van der Waals surface area contributed by atoms with Crippen LogP contribution in [0.25, 0.3) is 133 Å². The molecule has 0 aliphatic heterocycles. The lowest BCUT2D eigenvalue weighted by molar-refractivity contribution is 0.769. The van der Waals surface area contributed by atoms with Gasteiger partial charge in [0, 0.05) is 32.9 Å². The maximum atomic E-state index is 2.43. The molecule has 87 heavy (non-hydrogen) atoms. The van der Waals surface area contributed by atoms with Gasteiger partial charge in [-0.25, -0.2) is 0 Å². The summed E-state index contributed by atoms with van der Waals surface area (Å²) in [4.78, 5) is 0. The van der Waals surface area contributed by atoms with E-state index in [1.807, 2.05) is 0 Å². The highest BCUT2D eigenvalue weighted by Gasteiger charge is 2.46. The van der Waals surface area contributed by atoms with Crippen LogP contribution < -0.4 is 0 Å². The molecule has 0 saturated carbocycles. The highest BCUT2D eigenvalue weighted by atomic mass is 15.0. The van der Waals surface area contributed by atoms with E-state index in [0.29, 0.717) is 0 Å². The van der Waals surface area contributed by atoms with Crippen LogP contribution in [0, 0.1) is 0 Å². The Morgan fingerprint density at radius 3 is 1.02 bits per heavy atom. The molecule has 0 saturated heterocycles. The van der Waals surface area contributed by atoms with Gasteiger partial charge in [-0.1, -0.05) is 273 Å². The highest BCUT2D eigenvalue weighted by molar-refractivity contribution is 6.13. The van der Waals surface area contributed by atoms with Gasteiger partial charge in [-0.15, -0.1) is 0 Å². The summed E-state index contributed by atoms with van der Waals surface area (Å²) in [5.41, 5.74) is 28.6. The molecule has 0 bridgehead atoms. The Hall–Kier alpha value is -11.3. The van der Waals surface area contributed by atoms with Crippen molar-refractivity contribution in [3.63, 3.8) is 0 Å². The van der Waals surface area contributed by atoms with E-state index in [4.69, 9.17) is 0 Å². The normalized spacial score (nSPS) is 12.5. The number of para-hydroxylation sites is 2. The monoisotopic (exact) mass is 1100 g/mol. The van der Waals surface area contributed by atoms with Gasteiger partial charge in [0.1, 0.15) is 0 Å². The quantitative estimate of drug-likeness (QED) is 0.129. The van der Waals surface area contributed by atoms with Crippen LogP contribution in [0.3, 0.4) is 0 Å². The summed E-state index contributed by atoms with van der Waals surface area (Å²) in [6.45, 7) is 0. The van der Waals surface area contributed by atoms with Crippen LogP contribution in [0.2, 0.25) is 0 Å². The average Bonchev–Trinajstić information content (AvgIpc) is 2.80. The van der Waals surface area contributed by atoms with E-state index in [0.717, 1.165) is 11.4 Å². The zero-order valence-electron chi connectivity index (χ0n) is 47.7. The number of benzene rings is 14. The van der Waals surface area contributed by atoms with Gasteiger partial charge in [0.05, 0.1) is 27.5 Å². The third kappa shape index (κ3) is 8.17. The van der Waals surface area contributed by atoms with Crippen molar-refractivity contribution in [2.75, 3.05) is 0 Å². The summed E-state index contributed by atoms with van der Waals surface area (Å²) in [7, 11) is 0. The first-order chi connectivity index (χ1) is 43.1. The molecular weight excluding hydrogens is 1050 g/mol. The fraction of sp³-hybridized carbons (Fsp3) is 0.0118. The fourth-order valence-electron chi connectivity index (χ4n) is 14.4. The molecule has 1 aliphatic rings. The predicted octanol–water partition coefficient (Wildman–Crippen LogP) is 22.2. The predicted molar refractivity (Wildman–Crippen MR) is 365 cm³/mol. The standard InChI is InChI=1S/C85H56N2/c1-3-18-57(19-4-1)59-40-48-69(49-41-59)86-81-32-15-11-28-75(81)77-55-65(44-52-83(77)86)66-45-53-84-78(56-66)76-29-12-16-33-82(76)87(84)70-50-42-60(43-51-70)58-34-36-61(37-35-58)64-22-17-23-68(54-64)85(79-30-13-9-26-73(79)74-27-10-14-31-80(74)85)67-46-38-63(39-47-67)72-25-8-7-24-71(72)62-20-5-2-6-21-62/h1-56H. The van der Waals surface area contributed by atoms with E-state index in [1.165, 1.54) is 144 Å². The molecule has 2 nitrogen and oxygen atoms in total. The number of nitrogens with zero attached hydrogens (tertiary/aromatic N) is 2. The summed E-state index contributed by atoms with van der Waals surface area (Å²) in [6, 6.07) is 126. The van der Waals surface area contributed by atoms with Crippen LogP contribution in [0.4, 0.5) is 0 Å². The van der Waals surface area contributed by atoms with E-state index >= 15 is 0 Å². The molecule has 14 aromatic carbocycles. The molecule has 16 aromatic rings. The van der Waals surface area contributed by atoms with Crippen LogP contribution in [0.5, 0.6) is 0 Å². The minimum Gasteiger partial charge on any atom is -0.309 e. The summed E-state index contributed by atoms with van der Waals surface area (Å²) < 4.78 is 4.82. The van der Waals surface area contributed by atoms with Crippen LogP contribution in [0.15, 0.2) is 340 Å². The lowest BCUT2D eigenvalue weighted by Gasteiger charge is -2.34. The molecule has 0 spiro atoms. The SMILES string of the molecule is c1ccc(-c2ccc(-n3c4ccccc4c4cc(-c5ccc6c(c5)c5ccccc5n6-c5ccc(-c6ccc(-c7cccc(C8(c9ccc(-c%10ccccc%10-c%10ccccc%10)cc9)c9ccccc9-c9ccccc98)c7)cc6)cc5)ccc43)cc2)cc1. The Morgan fingerprint density at radius 2 is 0.517 bits per heavy atom. The number of fused-ring (bicyclic) bond motifs is 9. The molecule has 0 N–H and O–H groups in total. The third-order valence-electron chi connectivity index (χ3n) is 18.5. The van der Waals surface area contributed by atoms with Crippen molar-refractivity contribution in [2.24, 2.45) is 0 Å². The summed E-state index contributed by atoms with van der Waals surface area (Å²) in [5, 5.41) is 4.96. The van der Waals surface area contributed by atoms with Crippen LogP contribution in [-0.4, -0.2) is 9.13 Å². The number of aromatic nitrogens is 2. The Morgan fingerprint density at radius 1 is 0.184 bits per heavy atom. The van der Waals surface area contributed by atoms with Crippen molar-refractivity contribution in [3.8, 4) is 89.3 Å². The molecule has 0 atom stereocenters. The molecule has 0 fully saturated rings. The van der Waals surface area contributed by atoms with E-state index < -0.39 is 5.41 Å². The largest absolute Gasteiger partial charge is 0.309 e. The zero-order chi connectivity index (χ0) is 57.4. The van der Waals surface area contributed by atoms with Crippen molar-refractivity contribution >= 4 is 43.6 Å². The zero-order valence-corrected chi connectivity index (χ0v) is 47.7. The van der Waals surface area contributed by atoms with Gasteiger partial charge in [-0.3, -0.25) is 0 Å². The lowest BCUT2D eigenvalue weighted by atomic mass is 9.67. The summed E-state index contributed by atoms with van der Waals surface area (Å²) in [5.74, 6) is 0. The molecule has 0 unspecified atom stereocenters. The lowest BCUT2D eigenvalue weighted by Crippen LogP contribution is -2.28. The molecule has 2 heteroatoms. The van der Waals surface area contributed by atoms with Crippen LogP contribution in [-0.2, 0) is 5.41 Å². The minimum atomic E-state index is -0.530. The molecule has 2 heterocycles. The Bertz CT molecular complexity index is 5230. The molecule has 17 rings (SSSR count). The summed E-state index contributed by atoms with van der Waals surface area (Å²) in [6.07, 6.45) is 0. The van der Waals surface area contributed by atoms with E-state index in [1.54, 1.807) is 0 Å². The Balaban J connectivity index is 0.682. The fourth-order valence-corrected chi connectivity index (χ4v) is 14.4. The van der Waals surface area contributed by atoms with Gasteiger partial charge >= 0.3 is 0 Å². The van der Waals surface area contributed by atoms with Gasteiger partial charge in [0.2, 0.25) is 0 Å². The van der Waals surface area contributed by atoms with Crippen molar-refractivity contribution in [2.45, 2.75) is 5.41 Å². The van der Waals surface area contributed by atoms with Crippen molar-refractivity contribution in [1.29, 1.82) is 0 Å². The first kappa shape index (κ1) is 50.2. The van der Waals surface area contributed by atoms with Gasteiger partial charge in [0.25, 0.3) is 0 Å². The van der Waals surface area contributed by atoms with Crippen molar-refractivity contribution in [1.82, 2.24) is 9.13 Å². The maximum absolute atomic E-state index is 2.43. The summed E-state index contributed by atoms with van der Waals surface area (Å²) >= 11 is 0. The van der Waals surface area contributed by atoms with Gasteiger partial charge in [0.15, 0.2) is 0 Å². The van der Waals surface area contributed by atoms with E-state index in [2.05, 4.69) is 349 Å². The van der Waals surface area contributed by atoms with Gasteiger partial charge < -0.3 is 9.13 Å². The second kappa shape index (κ2) is 20.5. The first-order valence-corrected chi connectivity index (χ1v) is 30.1. The number of hydrogen-bond donors (Lipinski definition) is 0. The molecular formula is C85H56N2. The molecule has 0 amide bonds. The first-order valence-electron chi connectivity index (χ1n) is 30.1. The third-order valence-corrected chi connectivity index (χ3v) is 18.5. The molecule has 2 aromatic heterocycles. The van der Waals surface area contributed by atoms with Crippen LogP contribution >= 0.6 is 0 Å². The molecule has 1 aliphatic carbocycles. The van der Waals surface area contributed by atoms with Gasteiger partial charge in [-0.2, -0.15) is 0 Å². The number of hydrogen-bond acceptors (Lipinski definition) is 0. The Labute approximate surface area is 506 Å². The number of rotatable bonds is 10. The second-order valence-electron chi connectivity index (χ2n) is 23.1. The second-order valence-corrected chi connectivity index (χ2v) is 23.1.